The van der Waals surface area contributed by atoms with E-state index in [1.165, 1.54) is 6.20 Å². The van der Waals surface area contributed by atoms with Crippen molar-refractivity contribution in [2.24, 2.45) is 0 Å². The van der Waals surface area contributed by atoms with E-state index in [0.29, 0.717) is 11.4 Å². The Morgan fingerprint density at radius 3 is 2.76 bits per heavy atom. The topological polar surface area (TPSA) is 54.9 Å². The Bertz CT molecular complexity index is 562. The Balaban J connectivity index is 2.20. The largest absolute Gasteiger partial charge is 0.306 e. The summed E-state index contributed by atoms with van der Waals surface area (Å²) in [5, 5.41) is 2.73. The van der Waals surface area contributed by atoms with Gasteiger partial charge in [0, 0.05) is 10.7 Å². The van der Waals surface area contributed by atoms with E-state index < -0.39 is 0 Å². The van der Waals surface area contributed by atoms with Gasteiger partial charge in [-0.3, -0.25) is 4.79 Å². The van der Waals surface area contributed by atoms with Crippen LogP contribution in [0.4, 0.5) is 5.82 Å². The van der Waals surface area contributed by atoms with Crippen LogP contribution in [0, 0.1) is 0 Å². The minimum Gasteiger partial charge on any atom is -0.306 e. The van der Waals surface area contributed by atoms with Gasteiger partial charge in [0.05, 0.1) is 5.56 Å². The lowest BCUT2D eigenvalue weighted by atomic mass is 10.2. The summed E-state index contributed by atoms with van der Waals surface area (Å²) in [5.41, 5.74) is 0.530. The molecular weight excluding hydrogens is 305 g/mol. The number of nitrogens with zero attached hydrogens (tertiary/aromatic N) is 2. The molecule has 1 heterocycles. The van der Waals surface area contributed by atoms with Crippen LogP contribution in [0.15, 0.2) is 41.0 Å². The number of hydrogen-bond acceptors (Lipinski definition) is 3. The Morgan fingerprint density at radius 1 is 1.29 bits per heavy atom. The SMILES string of the molecule is O=C(Nc1ccnc(Cl)n1)c1ccccc1Br. The molecule has 0 bridgehead atoms. The van der Waals surface area contributed by atoms with Gasteiger partial charge in [0.2, 0.25) is 5.28 Å². The first-order chi connectivity index (χ1) is 8.16. The van der Waals surface area contributed by atoms with Crippen molar-refractivity contribution in [1.82, 2.24) is 9.97 Å². The quantitative estimate of drug-likeness (QED) is 0.867. The van der Waals surface area contributed by atoms with E-state index in [9.17, 15) is 4.79 Å². The maximum Gasteiger partial charge on any atom is 0.257 e. The predicted molar refractivity (Wildman–Crippen MR) is 69.1 cm³/mol. The van der Waals surface area contributed by atoms with E-state index in [2.05, 4.69) is 31.2 Å². The summed E-state index contributed by atoms with van der Waals surface area (Å²) >= 11 is 8.93. The number of hydrogen-bond donors (Lipinski definition) is 1. The normalized spacial score (nSPS) is 10.0. The molecule has 0 saturated carbocycles. The fraction of sp³-hybridized carbons (Fsp3) is 0. The zero-order valence-corrected chi connectivity index (χ0v) is 10.9. The maximum atomic E-state index is 11.9. The second kappa shape index (κ2) is 5.25. The molecule has 2 rings (SSSR count). The van der Waals surface area contributed by atoms with Crippen LogP contribution in [0.25, 0.3) is 0 Å². The lowest BCUT2D eigenvalue weighted by Gasteiger charge is -2.05. The highest BCUT2D eigenvalue weighted by Crippen LogP contribution is 2.17. The molecule has 86 valence electrons. The molecule has 1 amide bonds. The number of rotatable bonds is 2. The van der Waals surface area contributed by atoms with E-state index in [-0.39, 0.29) is 11.2 Å². The first-order valence-electron chi connectivity index (χ1n) is 4.71. The van der Waals surface area contributed by atoms with E-state index in [0.717, 1.165) is 4.47 Å². The van der Waals surface area contributed by atoms with E-state index in [4.69, 9.17) is 11.6 Å². The molecule has 0 aliphatic rings. The number of aromatic nitrogens is 2. The molecule has 6 heteroatoms. The van der Waals surface area contributed by atoms with Crippen LogP contribution < -0.4 is 5.32 Å². The highest BCUT2D eigenvalue weighted by molar-refractivity contribution is 9.10. The molecule has 0 spiro atoms. The highest BCUT2D eigenvalue weighted by atomic mass is 79.9. The molecule has 0 aliphatic heterocycles. The van der Waals surface area contributed by atoms with Crippen molar-refractivity contribution in [3.63, 3.8) is 0 Å². The summed E-state index contributed by atoms with van der Waals surface area (Å²) in [6.07, 6.45) is 1.48. The van der Waals surface area contributed by atoms with Crippen molar-refractivity contribution in [2.45, 2.75) is 0 Å². The predicted octanol–water partition coefficient (Wildman–Crippen LogP) is 3.14. The Morgan fingerprint density at radius 2 is 2.06 bits per heavy atom. The maximum absolute atomic E-state index is 11.9. The molecule has 1 aromatic heterocycles. The van der Waals surface area contributed by atoms with Gasteiger partial charge in [-0.1, -0.05) is 12.1 Å². The van der Waals surface area contributed by atoms with Crippen LogP contribution in [-0.2, 0) is 0 Å². The monoisotopic (exact) mass is 311 g/mol. The average molecular weight is 313 g/mol. The van der Waals surface area contributed by atoms with Gasteiger partial charge >= 0.3 is 0 Å². The van der Waals surface area contributed by atoms with Gasteiger partial charge in [-0.15, -0.1) is 0 Å². The summed E-state index contributed by atoms with van der Waals surface area (Å²) in [4.78, 5) is 19.5. The number of amides is 1. The van der Waals surface area contributed by atoms with Gasteiger partial charge in [0.1, 0.15) is 5.82 Å². The molecular formula is C11H7BrClN3O. The van der Waals surface area contributed by atoms with Crippen LogP contribution in [0.2, 0.25) is 5.28 Å². The van der Waals surface area contributed by atoms with Gasteiger partial charge in [-0.2, -0.15) is 0 Å². The number of halogens is 2. The average Bonchev–Trinajstić information content (AvgIpc) is 2.29. The molecule has 0 aliphatic carbocycles. The zero-order chi connectivity index (χ0) is 12.3. The highest BCUT2D eigenvalue weighted by Gasteiger charge is 2.10. The minimum atomic E-state index is -0.257. The fourth-order valence-corrected chi connectivity index (χ4v) is 1.85. The van der Waals surface area contributed by atoms with Gasteiger partial charge in [-0.25, -0.2) is 9.97 Å². The van der Waals surface area contributed by atoms with Gasteiger partial charge in [0.25, 0.3) is 5.91 Å². The Kier molecular flexibility index (Phi) is 3.71. The Hall–Kier alpha value is -1.46. The van der Waals surface area contributed by atoms with Gasteiger partial charge in [-0.05, 0) is 45.7 Å². The fourth-order valence-electron chi connectivity index (χ4n) is 1.23. The van der Waals surface area contributed by atoms with E-state index in [1.54, 1.807) is 24.3 Å². The smallest absolute Gasteiger partial charge is 0.257 e. The van der Waals surface area contributed by atoms with Crippen molar-refractivity contribution in [1.29, 1.82) is 0 Å². The number of nitrogens with one attached hydrogen (secondary N) is 1. The number of carbonyl (C=O) groups is 1. The molecule has 0 atom stereocenters. The minimum absolute atomic E-state index is 0.0925. The van der Waals surface area contributed by atoms with Crippen molar-refractivity contribution in [2.75, 3.05) is 5.32 Å². The molecule has 0 saturated heterocycles. The van der Waals surface area contributed by atoms with E-state index >= 15 is 0 Å². The standard InChI is InChI=1S/C11H7BrClN3O/c12-8-4-2-1-3-7(8)10(17)15-9-5-6-14-11(13)16-9/h1-6H,(H,14,15,16,17). The lowest BCUT2D eigenvalue weighted by molar-refractivity contribution is 0.102. The van der Waals surface area contributed by atoms with Crippen molar-refractivity contribution in [3.8, 4) is 0 Å². The third-order valence-corrected chi connectivity index (χ3v) is 2.86. The van der Waals surface area contributed by atoms with Crippen LogP contribution in [0.1, 0.15) is 10.4 Å². The summed E-state index contributed by atoms with van der Waals surface area (Å²) in [7, 11) is 0. The molecule has 0 radical (unpaired) electrons. The molecule has 4 nitrogen and oxygen atoms in total. The van der Waals surface area contributed by atoms with E-state index in [1.807, 2.05) is 6.07 Å². The molecule has 1 N–H and O–H groups in total. The second-order valence-electron chi connectivity index (χ2n) is 3.14. The van der Waals surface area contributed by atoms with Crippen molar-refractivity contribution < 1.29 is 4.79 Å². The van der Waals surface area contributed by atoms with Gasteiger partial charge < -0.3 is 5.32 Å². The first kappa shape index (κ1) is 12.0. The summed E-state index contributed by atoms with van der Waals surface area (Å²) in [6, 6.07) is 8.69. The first-order valence-corrected chi connectivity index (χ1v) is 5.88. The number of carbonyl (C=O) groups excluding carboxylic acids is 1. The van der Waals surface area contributed by atoms with Crippen molar-refractivity contribution in [3.05, 3.63) is 51.8 Å². The summed E-state index contributed by atoms with van der Waals surface area (Å²) in [5.74, 6) is 0.109. The van der Waals surface area contributed by atoms with Crippen LogP contribution in [0.5, 0.6) is 0 Å². The van der Waals surface area contributed by atoms with Gasteiger partial charge in [0.15, 0.2) is 0 Å². The Labute approximate surface area is 111 Å². The molecule has 0 fully saturated rings. The summed E-state index contributed by atoms with van der Waals surface area (Å²) < 4.78 is 0.720. The van der Waals surface area contributed by atoms with Crippen LogP contribution >= 0.6 is 27.5 Å². The zero-order valence-electron chi connectivity index (χ0n) is 8.52. The summed E-state index contributed by atoms with van der Waals surface area (Å²) in [6.45, 7) is 0. The molecule has 0 unspecified atom stereocenters. The second-order valence-corrected chi connectivity index (χ2v) is 4.34. The van der Waals surface area contributed by atoms with Crippen LogP contribution in [-0.4, -0.2) is 15.9 Å². The third-order valence-electron chi connectivity index (χ3n) is 1.99. The molecule has 17 heavy (non-hydrogen) atoms. The molecule has 1 aromatic carbocycles. The van der Waals surface area contributed by atoms with Crippen molar-refractivity contribution >= 4 is 39.3 Å². The molecule has 2 aromatic rings. The third kappa shape index (κ3) is 3.01. The van der Waals surface area contributed by atoms with Crippen LogP contribution in [0.3, 0.4) is 0 Å². The number of anilines is 1. The lowest BCUT2D eigenvalue weighted by Crippen LogP contribution is -2.13. The number of benzene rings is 1.